The highest BCUT2D eigenvalue weighted by atomic mass is 16.5. The Bertz CT molecular complexity index is 789. The number of fused-ring (bicyclic) bond motifs is 1. The van der Waals surface area contributed by atoms with Crippen molar-refractivity contribution in [3.8, 4) is 0 Å². The van der Waals surface area contributed by atoms with Gasteiger partial charge in [0.25, 0.3) is 0 Å². The van der Waals surface area contributed by atoms with E-state index < -0.39 is 0 Å². The number of carbonyl (C=O) groups is 1. The number of ether oxygens (including phenoxy) is 1. The minimum absolute atomic E-state index is 0.233. The van der Waals surface area contributed by atoms with Gasteiger partial charge in [-0.05, 0) is 45.8 Å². The second-order valence-corrected chi connectivity index (χ2v) is 7.42. The van der Waals surface area contributed by atoms with Gasteiger partial charge in [-0.3, -0.25) is 9.69 Å². The predicted octanol–water partition coefficient (Wildman–Crippen LogP) is 1.38. The first kappa shape index (κ1) is 17.4. The summed E-state index contributed by atoms with van der Waals surface area (Å²) in [4.78, 5) is 21.5. The van der Waals surface area contributed by atoms with Crippen LogP contribution in [0, 0.1) is 13.8 Å². The van der Waals surface area contributed by atoms with Crippen LogP contribution in [0.3, 0.4) is 0 Å². The largest absolute Gasteiger partial charge is 0.378 e. The molecule has 0 radical (unpaired) electrons. The summed E-state index contributed by atoms with van der Waals surface area (Å²) in [6, 6.07) is 4.20. The summed E-state index contributed by atoms with van der Waals surface area (Å²) < 4.78 is 7.24. The van der Waals surface area contributed by atoms with Gasteiger partial charge in [0.2, 0.25) is 5.91 Å². The Kier molecular flexibility index (Phi) is 4.91. The van der Waals surface area contributed by atoms with Crippen molar-refractivity contribution in [2.24, 2.45) is 0 Å². The molecule has 140 valence electrons. The molecule has 7 nitrogen and oxygen atoms in total. The molecule has 26 heavy (non-hydrogen) atoms. The van der Waals surface area contributed by atoms with Crippen LogP contribution in [0.4, 0.5) is 0 Å². The molecule has 0 bridgehead atoms. The Labute approximate surface area is 153 Å². The first-order valence-electron chi connectivity index (χ1n) is 9.52. The molecule has 0 N–H and O–H groups in total. The van der Waals surface area contributed by atoms with Gasteiger partial charge < -0.3 is 9.64 Å². The van der Waals surface area contributed by atoms with Gasteiger partial charge in [0.15, 0.2) is 5.65 Å². The molecule has 0 saturated carbocycles. The molecule has 2 fully saturated rings. The molecule has 2 aliphatic rings. The van der Waals surface area contributed by atoms with Crippen LogP contribution in [0.1, 0.15) is 35.8 Å². The Hall–Kier alpha value is -1.99. The van der Waals surface area contributed by atoms with Crippen LogP contribution >= 0.6 is 0 Å². The zero-order valence-corrected chi connectivity index (χ0v) is 15.6. The number of rotatable bonds is 3. The normalized spacial score (nSPS) is 20.0. The molecule has 7 heteroatoms. The number of nitrogens with zero attached hydrogens (tertiary/aromatic N) is 5. The van der Waals surface area contributed by atoms with Crippen molar-refractivity contribution in [3.05, 3.63) is 29.2 Å². The summed E-state index contributed by atoms with van der Waals surface area (Å²) in [6.45, 7) is 9.28. The van der Waals surface area contributed by atoms with E-state index in [0.29, 0.717) is 25.7 Å². The molecule has 0 atom stereocenters. The van der Waals surface area contributed by atoms with Crippen molar-refractivity contribution in [2.75, 3.05) is 45.9 Å². The van der Waals surface area contributed by atoms with Crippen molar-refractivity contribution in [1.29, 1.82) is 0 Å². The fourth-order valence-electron chi connectivity index (χ4n) is 3.96. The average molecular weight is 357 g/mol. The minimum atomic E-state index is 0.233. The summed E-state index contributed by atoms with van der Waals surface area (Å²) >= 11 is 0. The van der Waals surface area contributed by atoms with Crippen LogP contribution in [0.2, 0.25) is 0 Å². The lowest BCUT2D eigenvalue weighted by Crippen LogP contribution is -2.47. The number of piperidine rings is 1. The molecule has 0 unspecified atom stereocenters. The Balaban J connectivity index is 1.36. The first-order valence-corrected chi connectivity index (χ1v) is 9.52. The number of likely N-dealkylation sites (tertiary alicyclic amines) is 1. The van der Waals surface area contributed by atoms with Crippen molar-refractivity contribution in [2.45, 2.75) is 32.6 Å². The Morgan fingerprint density at radius 2 is 1.88 bits per heavy atom. The smallest absolute Gasteiger partial charge is 0.236 e. The lowest BCUT2D eigenvalue weighted by atomic mass is 9.93. The third-order valence-electron chi connectivity index (χ3n) is 5.48. The summed E-state index contributed by atoms with van der Waals surface area (Å²) in [5.74, 6) is 0.695. The number of carbonyl (C=O) groups excluding carboxylic acids is 1. The highest BCUT2D eigenvalue weighted by molar-refractivity contribution is 5.78. The summed E-state index contributed by atoms with van der Waals surface area (Å²) in [5, 5.41) is 4.48. The van der Waals surface area contributed by atoms with Crippen LogP contribution in [0.5, 0.6) is 0 Å². The number of morpholine rings is 1. The zero-order chi connectivity index (χ0) is 18.1. The van der Waals surface area contributed by atoms with E-state index in [1.807, 2.05) is 22.4 Å². The quantitative estimate of drug-likeness (QED) is 0.831. The maximum Gasteiger partial charge on any atom is 0.236 e. The van der Waals surface area contributed by atoms with Gasteiger partial charge >= 0.3 is 0 Å². The molecule has 1 amide bonds. The maximum absolute atomic E-state index is 12.4. The highest BCUT2D eigenvalue weighted by Gasteiger charge is 2.25. The van der Waals surface area contributed by atoms with Gasteiger partial charge in [0, 0.05) is 36.5 Å². The number of aryl methyl sites for hydroxylation is 2. The molecule has 2 aromatic heterocycles. The first-order chi connectivity index (χ1) is 12.6. The van der Waals surface area contributed by atoms with Gasteiger partial charge in [0.1, 0.15) is 0 Å². The average Bonchev–Trinajstić information content (AvgIpc) is 3.04. The molecular formula is C19H27N5O2. The summed E-state index contributed by atoms with van der Waals surface area (Å²) in [7, 11) is 0. The number of amides is 1. The van der Waals surface area contributed by atoms with Crippen LogP contribution in [0.15, 0.2) is 12.1 Å². The van der Waals surface area contributed by atoms with Gasteiger partial charge in [0.05, 0.1) is 25.5 Å². The lowest BCUT2D eigenvalue weighted by Gasteiger charge is -2.34. The van der Waals surface area contributed by atoms with Gasteiger partial charge in [-0.15, -0.1) is 0 Å². The second-order valence-electron chi connectivity index (χ2n) is 7.42. The molecule has 4 rings (SSSR count). The molecule has 2 aliphatic heterocycles. The third kappa shape index (κ3) is 3.59. The zero-order valence-electron chi connectivity index (χ0n) is 15.6. The number of hydrogen-bond donors (Lipinski definition) is 0. The van der Waals surface area contributed by atoms with Gasteiger partial charge in [-0.1, -0.05) is 0 Å². The van der Waals surface area contributed by atoms with E-state index in [9.17, 15) is 4.79 Å². The second kappa shape index (κ2) is 7.32. The van der Waals surface area contributed by atoms with E-state index in [4.69, 9.17) is 9.72 Å². The molecule has 0 aliphatic carbocycles. The molecule has 0 aromatic carbocycles. The van der Waals surface area contributed by atoms with Gasteiger partial charge in [-0.2, -0.15) is 5.10 Å². The van der Waals surface area contributed by atoms with Crippen molar-refractivity contribution in [3.63, 3.8) is 0 Å². The van der Waals surface area contributed by atoms with Crippen molar-refractivity contribution in [1.82, 2.24) is 24.4 Å². The fraction of sp³-hybridized carbons (Fsp3) is 0.632. The Morgan fingerprint density at radius 1 is 1.15 bits per heavy atom. The van der Waals surface area contributed by atoms with E-state index >= 15 is 0 Å². The summed E-state index contributed by atoms with van der Waals surface area (Å²) in [5.41, 5.74) is 4.22. The SMILES string of the molecule is Cc1cc2nc(C3CCN(CC(=O)N4CCOCC4)CC3)cc(C)n2n1. The molecule has 2 aromatic rings. The van der Waals surface area contributed by atoms with Crippen LogP contribution in [-0.4, -0.2) is 76.2 Å². The van der Waals surface area contributed by atoms with Crippen LogP contribution < -0.4 is 0 Å². The van der Waals surface area contributed by atoms with Gasteiger partial charge in [-0.25, -0.2) is 9.50 Å². The Morgan fingerprint density at radius 3 is 2.62 bits per heavy atom. The number of aromatic nitrogens is 3. The van der Waals surface area contributed by atoms with E-state index in [1.165, 1.54) is 0 Å². The minimum Gasteiger partial charge on any atom is -0.378 e. The van der Waals surface area contributed by atoms with Crippen LogP contribution in [-0.2, 0) is 9.53 Å². The topological polar surface area (TPSA) is 63.0 Å². The maximum atomic E-state index is 12.4. The number of hydrogen-bond acceptors (Lipinski definition) is 5. The third-order valence-corrected chi connectivity index (χ3v) is 5.48. The molecule has 2 saturated heterocycles. The standard InChI is InChI=1S/C19H27N5O2/c1-14-11-18-20-17(12-15(2)24(18)21-14)16-3-5-22(6-4-16)13-19(25)23-7-9-26-10-8-23/h11-12,16H,3-10,13H2,1-2H3. The lowest BCUT2D eigenvalue weighted by molar-refractivity contribution is -0.136. The van der Waals surface area contributed by atoms with Crippen LogP contribution in [0.25, 0.3) is 5.65 Å². The summed E-state index contributed by atoms with van der Waals surface area (Å²) in [6.07, 6.45) is 2.10. The predicted molar refractivity (Wildman–Crippen MR) is 98.3 cm³/mol. The fourth-order valence-corrected chi connectivity index (χ4v) is 3.96. The molecule has 0 spiro atoms. The van der Waals surface area contributed by atoms with Crippen molar-refractivity contribution < 1.29 is 9.53 Å². The van der Waals surface area contributed by atoms with E-state index in [-0.39, 0.29) is 5.91 Å². The monoisotopic (exact) mass is 357 g/mol. The van der Waals surface area contributed by atoms with E-state index in [2.05, 4.69) is 23.0 Å². The highest BCUT2D eigenvalue weighted by Crippen LogP contribution is 2.27. The molecular weight excluding hydrogens is 330 g/mol. The van der Waals surface area contributed by atoms with Crippen molar-refractivity contribution >= 4 is 11.6 Å². The molecule has 4 heterocycles. The van der Waals surface area contributed by atoms with E-state index in [0.717, 1.165) is 61.7 Å². The van der Waals surface area contributed by atoms with E-state index in [1.54, 1.807) is 0 Å².